The second-order valence-corrected chi connectivity index (χ2v) is 5.64. The normalized spacial score (nSPS) is 28.7. The van der Waals surface area contributed by atoms with E-state index in [1.807, 2.05) is 6.07 Å². The number of likely N-dealkylation sites (N-methyl/N-ethyl adjacent to an activating group) is 1. The Morgan fingerprint density at radius 2 is 2.18 bits per heavy atom. The predicted molar refractivity (Wildman–Crippen MR) is 68.5 cm³/mol. The van der Waals surface area contributed by atoms with Gasteiger partial charge in [0.15, 0.2) is 5.78 Å². The predicted octanol–water partition coefficient (Wildman–Crippen LogP) is 2.62. The maximum atomic E-state index is 12.1. The number of Topliss-reactive ketones (excluding diaryl/α,β-unsaturated/α-hetero) is 1. The third-order valence-electron chi connectivity index (χ3n) is 4.31. The molecule has 1 aromatic carbocycles. The molecule has 0 bridgehead atoms. The molecule has 1 fully saturated rings. The molecule has 0 spiro atoms. The minimum Gasteiger partial charge on any atom is -0.306 e. The Balaban J connectivity index is 2.06. The van der Waals surface area contributed by atoms with Gasteiger partial charge in [-0.25, -0.2) is 0 Å². The van der Waals surface area contributed by atoms with E-state index in [0.29, 0.717) is 17.6 Å². The smallest absolute Gasteiger partial charge is 0.163 e. The number of rotatable bonds is 0. The minimum absolute atomic E-state index is 0.353. The number of nitrogens with zero attached hydrogens (tertiary/aromatic N) is 1. The number of hydrogen-bond donors (Lipinski definition) is 0. The van der Waals surface area contributed by atoms with Crippen LogP contribution in [0, 0.1) is 12.8 Å². The first-order valence-electron chi connectivity index (χ1n) is 6.47. The number of hydrogen-bond acceptors (Lipinski definition) is 2. The summed E-state index contributed by atoms with van der Waals surface area (Å²) in [7, 11) is 2.18. The lowest BCUT2D eigenvalue weighted by atomic mass is 9.71. The molecule has 1 heterocycles. The van der Waals surface area contributed by atoms with Crippen LogP contribution in [0.4, 0.5) is 0 Å². The average molecular weight is 229 g/mol. The van der Waals surface area contributed by atoms with Crippen molar-refractivity contribution in [2.45, 2.75) is 25.7 Å². The van der Waals surface area contributed by atoms with Crippen LogP contribution < -0.4 is 0 Å². The van der Waals surface area contributed by atoms with Crippen LogP contribution in [0.15, 0.2) is 18.2 Å². The van der Waals surface area contributed by atoms with Gasteiger partial charge >= 0.3 is 0 Å². The maximum Gasteiger partial charge on any atom is 0.163 e. The number of piperidine rings is 1. The van der Waals surface area contributed by atoms with E-state index < -0.39 is 0 Å². The van der Waals surface area contributed by atoms with Crippen molar-refractivity contribution in [3.05, 3.63) is 34.9 Å². The molecule has 1 aliphatic carbocycles. The van der Waals surface area contributed by atoms with E-state index in [9.17, 15) is 4.79 Å². The highest BCUT2D eigenvalue weighted by Gasteiger charge is 2.36. The molecule has 0 aromatic heterocycles. The Kier molecular flexibility index (Phi) is 2.55. The molecule has 0 radical (unpaired) electrons. The van der Waals surface area contributed by atoms with Gasteiger partial charge in [-0.2, -0.15) is 0 Å². The molecule has 2 atom stereocenters. The minimum atomic E-state index is 0.353. The van der Waals surface area contributed by atoms with Crippen molar-refractivity contribution in [2.24, 2.45) is 5.92 Å². The summed E-state index contributed by atoms with van der Waals surface area (Å²) in [5.74, 6) is 1.50. The molecule has 2 aliphatic rings. The number of benzene rings is 1. The summed E-state index contributed by atoms with van der Waals surface area (Å²) >= 11 is 0. The van der Waals surface area contributed by atoms with Crippen molar-refractivity contribution in [2.75, 3.05) is 20.1 Å². The van der Waals surface area contributed by atoms with E-state index in [1.54, 1.807) is 0 Å². The molecular weight excluding hydrogens is 210 g/mol. The SMILES string of the molecule is Cc1ccc2c(c1)[C@@H]1CN(C)CC[C@@H]1CC2=O. The summed E-state index contributed by atoms with van der Waals surface area (Å²) in [5.41, 5.74) is 3.55. The van der Waals surface area contributed by atoms with Gasteiger partial charge in [-0.05, 0) is 38.4 Å². The van der Waals surface area contributed by atoms with Gasteiger partial charge in [0, 0.05) is 24.4 Å². The summed E-state index contributed by atoms with van der Waals surface area (Å²) in [4.78, 5) is 14.5. The van der Waals surface area contributed by atoms with E-state index in [4.69, 9.17) is 0 Å². The number of carbonyl (C=O) groups is 1. The highest BCUT2D eigenvalue weighted by atomic mass is 16.1. The van der Waals surface area contributed by atoms with Crippen molar-refractivity contribution in [1.29, 1.82) is 0 Å². The number of fused-ring (bicyclic) bond motifs is 3. The third-order valence-corrected chi connectivity index (χ3v) is 4.31. The number of ketones is 1. The molecule has 2 nitrogen and oxygen atoms in total. The fraction of sp³-hybridized carbons (Fsp3) is 0.533. The molecule has 0 saturated carbocycles. The van der Waals surface area contributed by atoms with E-state index in [-0.39, 0.29) is 0 Å². The van der Waals surface area contributed by atoms with Gasteiger partial charge in [-0.3, -0.25) is 4.79 Å². The van der Waals surface area contributed by atoms with Crippen LogP contribution in [0.2, 0.25) is 0 Å². The summed E-state index contributed by atoms with van der Waals surface area (Å²) in [5, 5.41) is 0. The van der Waals surface area contributed by atoms with Gasteiger partial charge < -0.3 is 4.90 Å². The molecule has 90 valence electrons. The summed E-state index contributed by atoms with van der Waals surface area (Å²) in [6, 6.07) is 6.31. The molecule has 3 rings (SSSR count). The molecule has 0 amide bonds. The van der Waals surface area contributed by atoms with Gasteiger partial charge in [0.25, 0.3) is 0 Å². The van der Waals surface area contributed by atoms with Crippen molar-refractivity contribution in [3.8, 4) is 0 Å². The topological polar surface area (TPSA) is 20.3 Å². The molecule has 1 aliphatic heterocycles. The zero-order valence-electron chi connectivity index (χ0n) is 10.6. The summed E-state index contributed by atoms with van der Waals surface area (Å²) < 4.78 is 0. The lowest BCUT2D eigenvalue weighted by Gasteiger charge is -2.40. The second-order valence-electron chi connectivity index (χ2n) is 5.64. The van der Waals surface area contributed by atoms with Crippen LogP contribution >= 0.6 is 0 Å². The zero-order valence-corrected chi connectivity index (χ0v) is 10.6. The molecule has 0 unspecified atom stereocenters. The van der Waals surface area contributed by atoms with E-state index >= 15 is 0 Å². The Bertz CT molecular complexity index is 466. The van der Waals surface area contributed by atoms with Gasteiger partial charge in [-0.15, -0.1) is 0 Å². The van der Waals surface area contributed by atoms with Gasteiger partial charge in [0.2, 0.25) is 0 Å². The highest BCUT2D eigenvalue weighted by Crippen LogP contribution is 2.41. The molecule has 17 heavy (non-hydrogen) atoms. The standard InChI is InChI=1S/C15H19NO/c1-10-3-4-12-13(7-10)14-9-16(2)6-5-11(14)8-15(12)17/h3-4,7,11,14H,5-6,8-9H2,1-2H3/t11-,14-/m1/s1. The molecule has 1 saturated heterocycles. The third kappa shape index (κ3) is 1.81. The van der Waals surface area contributed by atoms with Gasteiger partial charge in [0.1, 0.15) is 0 Å². The summed E-state index contributed by atoms with van der Waals surface area (Å²) in [6.45, 7) is 4.35. The van der Waals surface area contributed by atoms with E-state index in [1.165, 1.54) is 17.5 Å². The zero-order chi connectivity index (χ0) is 12.0. The number of likely N-dealkylation sites (tertiary alicyclic amines) is 1. The van der Waals surface area contributed by atoms with Crippen LogP contribution in [0.1, 0.15) is 40.2 Å². The fourth-order valence-corrected chi connectivity index (χ4v) is 3.35. The molecular formula is C15H19NO. The largest absolute Gasteiger partial charge is 0.306 e. The second kappa shape index (κ2) is 3.95. The molecule has 2 heteroatoms. The Labute approximate surface area is 103 Å². The number of aryl methyl sites for hydroxylation is 1. The lowest BCUT2D eigenvalue weighted by Crippen LogP contribution is -2.40. The first-order valence-corrected chi connectivity index (χ1v) is 6.47. The van der Waals surface area contributed by atoms with E-state index in [0.717, 1.165) is 25.1 Å². The van der Waals surface area contributed by atoms with Crippen molar-refractivity contribution < 1.29 is 4.79 Å². The van der Waals surface area contributed by atoms with Crippen LogP contribution in [0.5, 0.6) is 0 Å². The Morgan fingerprint density at radius 1 is 1.35 bits per heavy atom. The summed E-state index contributed by atoms with van der Waals surface area (Å²) in [6.07, 6.45) is 1.93. The molecule has 0 N–H and O–H groups in total. The quantitative estimate of drug-likeness (QED) is 0.681. The fourth-order valence-electron chi connectivity index (χ4n) is 3.35. The van der Waals surface area contributed by atoms with Crippen molar-refractivity contribution in [3.63, 3.8) is 0 Å². The van der Waals surface area contributed by atoms with Gasteiger partial charge in [-0.1, -0.05) is 23.8 Å². The number of carbonyl (C=O) groups excluding carboxylic acids is 1. The van der Waals surface area contributed by atoms with E-state index in [2.05, 4.69) is 31.0 Å². The van der Waals surface area contributed by atoms with Gasteiger partial charge in [0.05, 0.1) is 0 Å². The monoisotopic (exact) mass is 229 g/mol. The highest BCUT2D eigenvalue weighted by molar-refractivity contribution is 5.99. The maximum absolute atomic E-state index is 12.1. The van der Waals surface area contributed by atoms with Crippen LogP contribution in [0.25, 0.3) is 0 Å². The Morgan fingerprint density at radius 3 is 3.00 bits per heavy atom. The van der Waals surface area contributed by atoms with Crippen molar-refractivity contribution >= 4 is 5.78 Å². The van der Waals surface area contributed by atoms with Crippen LogP contribution in [-0.2, 0) is 0 Å². The van der Waals surface area contributed by atoms with Crippen LogP contribution in [-0.4, -0.2) is 30.8 Å². The Hall–Kier alpha value is -1.15. The lowest BCUT2D eigenvalue weighted by molar-refractivity contribution is 0.0887. The first kappa shape index (κ1) is 11.0. The molecule has 1 aromatic rings. The average Bonchev–Trinajstić information content (AvgIpc) is 2.30. The van der Waals surface area contributed by atoms with Crippen molar-refractivity contribution in [1.82, 2.24) is 4.90 Å². The first-order chi connectivity index (χ1) is 8.15. The van der Waals surface area contributed by atoms with Crippen LogP contribution in [0.3, 0.4) is 0 Å².